The van der Waals surface area contributed by atoms with Crippen molar-refractivity contribution in [3.8, 4) is 17.2 Å². The third-order valence-corrected chi connectivity index (χ3v) is 8.48. The van der Waals surface area contributed by atoms with Gasteiger partial charge in [0.05, 0.1) is 19.8 Å². The molecular formula is C33H40F3N5O7. The van der Waals surface area contributed by atoms with Crippen molar-refractivity contribution in [2.75, 3.05) is 52.8 Å². The summed E-state index contributed by atoms with van der Waals surface area (Å²) >= 11 is 0. The van der Waals surface area contributed by atoms with E-state index in [0.717, 1.165) is 29.5 Å². The molecule has 0 spiro atoms. The third-order valence-electron chi connectivity index (χ3n) is 8.48. The van der Waals surface area contributed by atoms with Gasteiger partial charge in [0.25, 0.3) is 5.91 Å². The zero-order valence-corrected chi connectivity index (χ0v) is 27.5. The molecule has 1 fully saturated rings. The van der Waals surface area contributed by atoms with E-state index in [9.17, 15) is 32.3 Å². The molecule has 0 unspecified atom stereocenters. The number of ether oxygens (including phenoxy) is 3. The van der Waals surface area contributed by atoms with E-state index >= 15 is 0 Å². The summed E-state index contributed by atoms with van der Waals surface area (Å²) in [5.74, 6) is -1.48. The van der Waals surface area contributed by atoms with Crippen molar-refractivity contribution in [3.05, 3.63) is 53.7 Å². The molecule has 2 aromatic carbocycles. The van der Waals surface area contributed by atoms with Crippen LogP contribution in [0.3, 0.4) is 0 Å². The minimum Gasteiger partial charge on any atom is -0.497 e. The van der Waals surface area contributed by atoms with Crippen molar-refractivity contribution in [2.24, 2.45) is 0 Å². The minimum atomic E-state index is -5.11. The van der Waals surface area contributed by atoms with Gasteiger partial charge in [-0.3, -0.25) is 14.4 Å². The topological polar surface area (TPSA) is 121 Å². The maximum Gasteiger partial charge on any atom is 0.573 e. The maximum absolute atomic E-state index is 13.6. The van der Waals surface area contributed by atoms with Gasteiger partial charge in [-0.1, -0.05) is 12.1 Å². The molecule has 2 aliphatic heterocycles. The van der Waals surface area contributed by atoms with Crippen LogP contribution in [0.25, 0.3) is 5.57 Å². The number of nitrogens with one attached hydrogen (secondary N) is 1. The maximum atomic E-state index is 13.6. The number of alkyl halides is 3. The molecule has 0 aliphatic carbocycles. The van der Waals surface area contributed by atoms with Crippen LogP contribution in [0.5, 0.6) is 17.2 Å². The van der Waals surface area contributed by atoms with Crippen molar-refractivity contribution in [2.45, 2.75) is 51.6 Å². The second-order valence-electron chi connectivity index (χ2n) is 11.7. The molecule has 1 N–H and O–H groups in total. The highest BCUT2D eigenvalue weighted by Gasteiger charge is 2.36. The van der Waals surface area contributed by atoms with Crippen LogP contribution in [-0.2, 0) is 20.8 Å². The Kier molecular flexibility index (Phi) is 11.4. The summed E-state index contributed by atoms with van der Waals surface area (Å²) in [5, 5.41) is 2.96. The van der Waals surface area contributed by atoms with Crippen LogP contribution in [0, 0.1) is 0 Å². The number of methoxy groups -OCH3 is 2. The van der Waals surface area contributed by atoms with E-state index in [1.54, 1.807) is 36.8 Å². The molecule has 5 amide bonds. The number of nitrogens with zero attached hydrogens (tertiary/aromatic N) is 4. The number of fused-ring (bicyclic) bond motifs is 1. The fraction of sp³-hybridized carbons (Fsp3) is 0.455. The van der Waals surface area contributed by atoms with Gasteiger partial charge in [0.15, 0.2) is 11.5 Å². The standard InChI is InChI=1S/C33H40F3N5O7/c1-21(2)38(3)31(44)26(25-7-6-8-28(47-5)30(25)48-33(34,35)36)18-39(20-42)19-29(43)40-14-12-23(13-15-40)41-16-11-22-17-24(46-4)9-10-27(22)37-32(41)45/h6-10,17-18,20-21,23H,11-16,19H2,1-5H3,(H,37,45)/b26-18-. The molecule has 12 nitrogen and oxygen atoms in total. The average Bonchev–Trinajstić information content (AvgIpc) is 3.22. The molecular weight excluding hydrogens is 635 g/mol. The van der Waals surface area contributed by atoms with Crippen LogP contribution in [0.2, 0.25) is 0 Å². The smallest absolute Gasteiger partial charge is 0.497 e. The van der Waals surface area contributed by atoms with Crippen LogP contribution >= 0.6 is 0 Å². The van der Waals surface area contributed by atoms with E-state index in [1.807, 2.05) is 12.1 Å². The Hall–Kier alpha value is -4.95. The first kappa shape index (κ1) is 35.9. The zero-order valence-electron chi connectivity index (χ0n) is 27.5. The number of halogens is 3. The first-order valence-electron chi connectivity index (χ1n) is 15.4. The number of hydrogen-bond acceptors (Lipinski definition) is 7. The van der Waals surface area contributed by atoms with Crippen LogP contribution in [-0.4, -0.2) is 110 Å². The Morgan fingerprint density at radius 2 is 1.79 bits per heavy atom. The van der Waals surface area contributed by atoms with Gasteiger partial charge in [0.2, 0.25) is 12.3 Å². The summed E-state index contributed by atoms with van der Waals surface area (Å²) in [6.45, 7) is 4.06. The number of hydrogen-bond donors (Lipinski definition) is 1. The van der Waals surface area contributed by atoms with Crippen LogP contribution in [0.1, 0.15) is 37.8 Å². The Morgan fingerprint density at radius 3 is 2.40 bits per heavy atom. The second kappa shape index (κ2) is 15.3. The number of piperidine rings is 1. The molecule has 48 heavy (non-hydrogen) atoms. The average molecular weight is 676 g/mol. The molecule has 2 aromatic rings. The van der Waals surface area contributed by atoms with Crippen molar-refractivity contribution in [1.29, 1.82) is 0 Å². The predicted molar refractivity (Wildman–Crippen MR) is 170 cm³/mol. The van der Waals surface area contributed by atoms with Gasteiger partial charge >= 0.3 is 12.4 Å². The summed E-state index contributed by atoms with van der Waals surface area (Å²) in [5.41, 5.74) is 1.10. The Morgan fingerprint density at radius 1 is 1.08 bits per heavy atom. The lowest BCUT2D eigenvalue weighted by Gasteiger charge is -2.38. The summed E-state index contributed by atoms with van der Waals surface area (Å²) in [4.78, 5) is 57.8. The van der Waals surface area contributed by atoms with E-state index in [2.05, 4.69) is 10.1 Å². The highest BCUT2D eigenvalue weighted by Crippen LogP contribution is 2.39. The van der Waals surface area contributed by atoms with Gasteiger partial charge < -0.3 is 39.1 Å². The summed E-state index contributed by atoms with van der Waals surface area (Å²) < 4.78 is 55.0. The number of likely N-dealkylation sites (tertiary alicyclic amines) is 1. The number of anilines is 1. The Bertz CT molecular complexity index is 1540. The fourth-order valence-corrected chi connectivity index (χ4v) is 5.64. The van der Waals surface area contributed by atoms with E-state index in [1.165, 1.54) is 30.1 Å². The van der Waals surface area contributed by atoms with Crippen molar-refractivity contribution < 1.29 is 46.6 Å². The fourth-order valence-electron chi connectivity index (χ4n) is 5.64. The lowest BCUT2D eigenvalue weighted by molar-refractivity contribution is -0.275. The van der Waals surface area contributed by atoms with Gasteiger partial charge in [-0.05, 0) is 62.9 Å². The summed E-state index contributed by atoms with van der Waals surface area (Å²) in [6.07, 6.45) is -2.11. The van der Waals surface area contributed by atoms with Gasteiger partial charge in [0, 0.05) is 56.2 Å². The largest absolute Gasteiger partial charge is 0.573 e. The lowest BCUT2D eigenvalue weighted by atomic mass is 10.0. The Balaban J connectivity index is 1.50. The second-order valence-corrected chi connectivity index (χ2v) is 11.7. The molecule has 0 saturated carbocycles. The van der Waals surface area contributed by atoms with Crippen LogP contribution in [0.4, 0.5) is 23.7 Å². The van der Waals surface area contributed by atoms with Gasteiger partial charge in [0.1, 0.15) is 12.3 Å². The molecule has 15 heteroatoms. The normalized spacial score (nSPS) is 15.7. The molecule has 0 bridgehead atoms. The molecule has 0 aromatic heterocycles. The molecule has 0 radical (unpaired) electrons. The minimum absolute atomic E-state index is 0.122. The monoisotopic (exact) mass is 675 g/mol. The number of urea groups is 1. The van der Waals surface area contributed by atoms with E-state index in [-0.39, 0.29) is 35.0 Å². The van der Waals surface area contributed by atoms with Crippen molar-refractivity contribution in [3.63, 3.8) is 0 Å². The van der Waals surface area contributed by atoms with Gasteiger partial charge in [-0.2, -0.15) is 0 Å². The highest BCUT2D eigenvalue weighted by atomic mass is 19.4. The molecule has 260 valence electrons. The summed E-state index contributed by atoms with van der Waals surface area (Å²) in [7, 11) is 4.20. The molecule has 1 saturated heterocycles. The van der Waals surface area contributed by atoms with E-state index in [0.29, 0.717) is 51.1 Å². The molecule has 4 rings (SSSR count). The van der Waals surface area contributed by atoms with Crippen LogP contribution in [0.15, 0.2) is 42.6 Å². The van der Waals surface area contributed by atoms with Crippen molar-refractivity contribution in [1.82, 2.24) is 19.6 Å². The molecule has 2 heterocycles. The number of benzene rings is 2. The zero-order chi connectivity index (χ0) is 35.2. The Labute approximate surface area is 277 Å². The lowest BCUT2D eigenvalue weighted by Crippen LogP contribution is -2.51. The number of para-hydroxylation sites is 1. The molecule has 2 aliphatic rings. The number of rotatable bonds is 11. The highest BCUT2D eigenvalue weighted by molar-refractivity contribution is 6.20. The summed E-state index contributed by atoms with van der Waals surface area (Å²) in [6, 6.07) is 8.65. The number of carbonyl (C=O) groups is 4. The van der Waals surface area contributed by atoms with Gasteiger partial charge in [-0.25, -0.2) is 4.79 Å². The molecule has 0 atom stereocenters. The van der Waals surface area contributed by atoms with Crippen LogP contribution < -0.4 is 19.5 Å². The van der Waals surface area contributed by atoms with E-state index < -0.39 is 30.5 Å². The third kappa shape index (κ3) is 8.49. The van der Waals surface area contributed by atoms with E-state index in [4.69, 9.17) is 9.47 Å². The quantitative estimate of drug-likeness (QED) is 0.278. The first-order valence-corrected chi connectivity index (χ1v) is 15.4. The van der Waals surface area contributed by atoms with Crippen molar-refractivity contribution >= 4 is 35.5 Å². The SMILES string of the molecule is COc1ccc2c(c1)CCN(C1CCN(C(=O)CN(C=O)/C=C(\C(=O)N(C)C(C)C)c3cccc(OC)c3OC(F)(F)F)CC1)C(=O)N2. The predicted octanol–water partition coefficient (Wildman–Crippen LogP) is 4.35. The first-order chi connectivity index (χ1) is 22.8. The number of amides is 5. The number of likely N-dealkylation sites (N-methyl/N-ethyl adjacent to an activating group) is 1. The number of carbonyl (C=O) groups excluding carboxylic acids is 4. The van der Waals surface area contributed by atoms with Gasteiger partial charge in [-0.15, -0.1) is 13.2 Å².